The molecular formula is C71H110O6. The average molecular weight is 1060 g/mol. The molecule has 0 aliphatic rings. The van der Waals surface area contributed by atoms with Crippen LogP contribution in [0, 0.1) is 0 Å². The van der Waals surface area contributed by atoms with E-state index >= 15 is 0 Å². The molecule has 1 atom stereocenters. The lowest BCUT2D eigenvalue weighted by molar-refractivity contribution is -0.167. The Morgan fingerprint density at radius 1 is 0.260 bits per heavy atom. The van der Waals surface area contributed by atoms with Crippen LogP contribution in [0.3, 0.4) is 0 Å². The Morgan fingerprint density at radius 3 is 0.753 bits per heavy atom. The second-order valence-corrected chi connectivity index (χ2v) is 19.5. The van der Waals surface area contributed by atoms with Gasteiger partial charge in [0.1, 0.15) is 13.2 Å². The molecule has 0 rings (SSSR count). The van der Waals surface area contributed by atoms with Gasteiger partial charge in [-0.05, 0) is 148 Å². The van der Waals surface area contributed by atoms with E-state index in [0.717, 1.165) is 173 Å². The molecule has 0 bridgehead atoms. The topological polar surface area (TPSA) is 78.9 Å². The van der Waals surface area contributed by atoms with E-state index < -0.39 is 6.10 Å². The maximum atomic E-state index is 12.9. The molecule has 0 aromatic rings. The zero-order valence-electron chi connectivity index (χ0n) is 49.1. The number of allylic oxidation sites excluding steroid dienone is 28. The molecule has 0 saturated carbocycles. The summed E-state index contributed by atoms with van der Waals surface area (Å²) in [4.78, 5) is 38.3. The minimum Gasteiger partial charge on any atom is -0.462 e. The van der Waals surface area contributed by atoms with E-state index in [1.165, 1.54) is 19.3 Å². The van der Waals surface area contributed by atoms with Crippen LogP contribution in [-0.2, 0) is 28.6 Å². The Kier molecular flexibility index (Phi) is 59.0. The predicted molar refractivity (Wildman–Crippen MR) is 334 cm³/mol. The molecular weight excluding hydrogens is 949 g/mol. The number of esters is 3. The fourth-order valence-corrected chi connectivity index (χ4v) is 7.72. The smallest absolute Gasteiger partial charge is 0.306 e. The first kappa shape index (κ1) is 71.8. The van der Waals surface area contributed by atoms with Gasteiger partial charge in [-0.15, -0.1) is 0 Å². The molecule has 0 spiro atoms. The molecule has 0 N–H and O–H groups in total. The van der Waals surface area contributed by atoms with Crippen molar-refractivity contribution in [3.63, 3.8) is 0 Å². The first-order chi connectivity index (χ1) is 38.0. The molecule has 0 saturated heterocycles. The van der Waals surface area contributed by atoms with E-state index in [0.29, 0.717) is 19.3 Å². The highest BCUT2D eigenvalue weighted by atomic mass is 16.6. The number of carbonyl (C=O) groups excluding carboxylic acids is 3. The second kappa shape index (κ2) is 63.3. The number of ether oxygens (including phenoxy) is 3. The highest BCUT2D eigenvalue weighted by molar-refractivity contribution is 5.71. The summed E-state index contributed by atoms with van der Waals surface area (Å²) >= 11 is 0. The minimum atomic E-state index is -0.819. The van der Waals surface area contributed by atoms with Crippen LogP contribution in [0.25, 0.3) is 0 Å². The second-order valence-electron chi connectivity index (χ2n) is 19.5. The van der Waals surface area contributed by atoms with Gasteiger partial charge >= 0.3 is 17.9 Å². The lowest BCUT2D eigenvalue weighted by atomic mass is 10.1. The van der Waals surface area contributed by atoms with Crippen molar-refractivity contribution >= 4 is 17.9 Å². The molecule has 0 fully saturated rings. The number of rotatable bonds is 53. The van der Waals surface area contributed by atoms with Gasteiger partial charge in [0.25, 0.3) is 0 Å². The maximum Gasteiger partial charge on any atom is 0.306 e. The number of carbonyl (C=O) groups is 3. The summed E-state index contributed by atoms with van der Waals surface area (Å²) in [5, 5.41) is 0. The normalized spacial score (nSPS) is 13.3. The SMILES string of the molecule is CC/C=C\C/C=C\C/C=C\C/C=C\C/C=C\C/C=C\C/C=C\C/C=C\CCCCC(=O)OCC(COC(=O)CCCCCCC/C=C\C/C=C\C/C=C\CC)OC(=O)CCCCCCCCC/C=C\C/C=C\C/C=C\CC. The van der Waals surface area contributed by atoms with E-state index in [-0.39, 0.29) is 37.5 Å². The average Bonchev–Trinajstić information content (AvgIpc) is 3.43. The lowest BCUT2D eigenvalue weighted by Crippen LogP contribution is -2.30. The van der Waals surface area contributed by atoms with Gasteiger partial charge < -0.3 is 14.2 Å². The molecule has 0 aromatic heterocycles. The summed E-state index contributed by atoms with van der Waals surface area (Å²) in [5.74, 6) is -0.991. The van der Waals surface area contributed by atoms with Crippen molar-refractivity contribution in [2.24, 2.45) is 0 Å². The third-order valence-corrected chi connectivity index (χ3v) is 12.2. The predicted octanol–water partition coefficient (Wildman–Crippen LogP) is 21.1. The molecule has 0 aliphatic carbocycles. The first-order valence-corrected chi connectivity index (χ1v) is 30.6. The fraction of sp³-hybridized carbons (Fsp3) is 0.563. The zero-order chi connectivity index (χ0) is 55.7. The molecule has 6 nitrogen and oxygen atoms in total. The van der Waals surface area contributed by atoms with Gasteiger partial charge in [0.2, 0.25) is 0 Å². The van der Waals surface area contributed by atoms with Gasteiger partial charge in [-0.3, -0.25) is 14.4 Å². The van der Waals surface area contributed by atoms with Crippen LogP contribution < -0.4 is 0 Å². The van der Waals surface area contributed by atoms with Crippen LogP contribution in [0.2, 0.25) is 0 Å². The summed E-state index contributed by atoms with van der Waals surface area (Å²) in [7, 11) is 0. The Bertz CT molecular complexity index is 1790. The first-order valence-electron chi connectivity index (χ1n) is 30.6. The van der Waals surface area contributed by atoms with Gasteiger partial charge in [-0.2, -0.15) is 0 Å². The van der Waals surface area contributed by atoms with Crippen molar-refractivity contribution in [3.8, 4) is 0 Å². The highest BCUT2D eigenvalue weighted by Gasteiger charge is 2.19. The van der Waals surface area contributed by atoms with Crippen LogP contribution in [0.4, 0.5) is 0 Å². The molecule has 430 valence electrons. The van der Waals surface area contributed by atoms with Gasteiger partial charge in [-0.25, -0.2) is 0 Å². The van der Waals surface area contributed by atoms with E-state index in [9.17, 15) is 14.4 Å². The Balaban J connectivity index is 4.50. The van der Waals surface area contributed by atoms with Crippen LogP contribution in [0.1, 0.15) is 239 Å². The molecule has 0 aliphatic heterocycles. The zero-order valence-corrected chi connectivity index (χ0v) is 49.1. The lowest BCUT2D eigenvalue weighted by Gasteiger charge is -2.18. The van der Waals surface area contributed by atoms with Gasteiger partial charge in [0.05, 0.1) is 0 Å². The monoisotopic (exact) mass is 1060 g/mol. The Morgan fingerprint density at radius 2 is 0.468 bits per heavy atom. The summed E-state index contributed by atoms with van der Waals surface area (Å²) in [5.41, 5.74) is 0. The summed E-state index contributed by atoms with van der Waals surface area (Å²) in [6.07, 6.45) is 93.5. The third kappa shape index (κ3) is 61.5. The molecule has 6 heteroatoms. The van der Waals surface area contributed by atoms with Crippen molar-refractivity contribution in [1.82, 2.24) is 0 Å². The van der Waals surface area contributed by atoms with Crippen LogP contribution in [-0.4, -0.2) is 37.2 Å². The van der Waals surface area contributed by atoms with Crippen molar-refractivity contribution in [2.45, 2.75) is 245 Å². The van der Waals surface area contributed by atoms with E-state index in [2.05, 4.69) is 191 Å². The quantitative estimate of drug-likeness (QED) is 0.0261. The van der Waals surface area contributed by atoms with Gasteiger partial charge in [0, 0.05) is 19.3 Å². The molecule has 0 aromatic carbocycles. The van der Waals surface area contributed by atoms with Crippen molar-refractivity contribution < 1.29 is 28.6 Å². The molecule has 0 amide bonds. The molecule has 0 radical (unpaired) electrons. The summed E-state index contributed by atoms with van der Waals surface area (Å²) in [6.45, 7) is 6.23. The van der Waals surface area contributed by atoms with Crippen LogP contribution in [0.5, 0.6) is 0 Å². The van der Waals surface area contributed by atoms with Crippen molar-refractivity contribution in [3.05, 3.63) is 170 Å². The number of unbranched alkanes of at least 4 members (excludes halogenated alkanes) is 14. The maximum absolute atomic E-state index is 12.9. The summed E-state index contributed by atoms with van der Waals surface area (Å²) in [6, 6.07) is 0. The third-order valence-electron chi connectivity index (χ3n) is 12.2. The van der Waals surface area contributed by atoms with Gasteiger partial charge in [-0.1, -0.05) is 242 Å². The van der Waals surface area contributed by atoms with E-state index in [4.69, 9.17) is 14.2 Å². The molecule has 0 heterocycles. The fourth-order valence-electron chi connectivity index (χ4n) is 7.72. The molecule has 1 unspecified atom stereocenters. The number of hydrogen-bond donors (Lipinski definition) is 0. The molecule has 77 heavy (non-hydrogen) atoms. The Hall–Kier alpha value is -5.23. The van der Waals surface area contributed by atoms with E-state index in [1.54, 1.807) is 0 Å². The van der Waals surface area contributed by atoms with Crippen LogP contribution >= 0.6 is 0 Å². The largest absolute Gasteiger partial charge is 0.462 e. The van der Waals surface area contributed by atoms with Gasteiger partial charge in [0.15, 0.2) is 6.10 Å². The van der Waals surface area contributed by atoms with Crippen molar-refractivity contribution in [2.75, 3.05) is 13.2 Å². The van der Waals surface area contributed by atoms with Crippen LogP contribution in [0.15, 0.2) is 170 Å². The standard InChI is InChI=1S/C71H110O6/c1-4-7-10-13-16-19-22-25-28-30-31-32-33-34-35-36-37-38-39-41-43-46-49-52-55-58-61-64-70(73)76-67-68(66-75-69(72)63-60-57-54-51-48-45-42-27-24-21-18-15-12-9-6-3)77-71(74)65-62-59-56-53-50-47-44-40-29-26-23-20-17-14-11-8-5-2/h7-12,16-21,25-29,31-32,34-35,37-38,41-43,49,52,68H,4-6,13-15,22-24,30,33,36,39-40,44-48,50-51,53-67H2,1-3H3/b10-7-,11-8-,12-9-,19-16-,20-17-,21-18-,28-25-,29-26-,32-31-,35-34-,38-37-,42-27-,43-41-,52-49-. The van der Waals surface area contributed by atoms with Crippen molar-refractivity contribution in [1.29, 1.82) is 0 Å². The minimum absolute atomic E-state index is 0.113. The number of hydrogen-bond acceptors (Lipinski definition) is 6. The summed E-state index contributed by atoms with van der Waals surface area (Å²) < 4.78 is 16.8. The highest BCUT2D eigenvalue weighted by Crippen LogP contribution is 2.13. The van der Waals surface area contributed by atoms with E-state index in [1.807, 2.05) is 0 Å². The Labute approximate surface area is 472 Å².